The molecule has 0 radical (unpaired) electrons. The van der Waals surface area contributed by atoms with Gasteiger partial charge in [-0.05, 0) is 117 Å². The quantitative estimate of drug-likeness (QED) is 0.441. The van der Waals surface area contributed by atoms with Crippen molar-refractivity contribution in [1.82, 2.24) is 9.78 Å². The van der Waals surface area contributed by atoms with Gasteiger partial charge in [-0.2, -0.15) is 5.10 Å². The summed E-state index contributed by atoms with van der Waals surface area (Å²) in [5.41, 5.74) is -1.60. The van der Waals surface area contributed by atoms with Crippen LogP contribution in [0.5, 0.6) is 0 Å². The molecule has 7 heteroatoms. The maximum atomic E-state index is 14.5. The van der Waals surface area contributed by atoms with Crippen LogP contribution in [0.15, 0.2) is 30.1 Å². The summed E-state index contributed by atoms with van der Waals surface area (Å²) in [5.74, 6) is -1.73. The maximum Gasteiger partial charge on any atom is 0.311 e. The van der Waals surface area contributed by atoms with Crippen LogP contribution < -0.4 is 0 Å². The summed E-state index contributed by atoms with van der Waals surface area (Å²) in [6.45, 7) is 12.9. The van der Waals surface area contributed by atoms with E-state index in [1.165, 1.54) is 5.57 Å². The van der Waals surface area contributed by atoms with E-state index in [1.807, 2.05) is 36.9 Å². The number of carboxylic acid groups (broad SMARTS) is 2. The molecule has 0 aliphatic heterocycles. The number of fused-ring (bicyclic) bond motifs is 7. The Morgan fingerprint density at radius 1 is 0.925 bits per heavy atom. The van der Waals surface area contributed by atoms with Gasteiger partial charge in [-0.25, -0.2) is 0 Å². The van der Waals surface area contributed by atoms with Crippen LogP contribution >= 0.6 is 0 Å². The van der Waals surface area contributed by atoms with Crippen molar-refractivity contribution in [1.29, 1.82) is 0 Å². The van der Waals surface area contributed by atoms with Crippen LogP contribution in [0.4, 0.5) is 0 Å². The molecule has 2 N–H and O–H groups in total. The van der Waals surface area contributed by atoms with E-state index >= 15 is 0 Å². The van der Waals surface area contributed by atoms with Gasteiger partial charge in [0.15, 0.2) is 5.78 Å². The molecule has 218 valence electrons. The second-order valence-electron chi connectivity index (χ2n) is 15.7. The van der Waals surface area contributed by atoms with E-state index in [4.69, 9.17) is 0 Å². The third-order valence-corrected chi connectivity index (χ3v) is 14.0. The van der Waals surface area contributed by atoms with E-state index in [0.717, 1.165) is 38.5 Å². The Bertz CT molecular complexity index is 1300. The highest BCUT2D eigenvalue weighted by Gasteiger charge is 2.72. The van der Waals surface area contributed by atoms with Gasteiger partial charge in [-0.3, -0.25) is 19.1 Å². The van der Waals surface area contributed by atoms with Gasteiger partial charge in [0.1, 0.15) is 0 Å². The van der Waals surface area contributed by atoms with Crippen molar-refractivity contribution >= 4 is 17.7 Å². The number of aromatic nitrogens is 2. The van der Waals surface area contributed by atoms with Gasteiger partial charge in [0.05, 0.1) is 16.9 Å². The molecule has 4 saturated carbocycles. The molecule has 1 heterocycles. The number of carboxylic acids is 2. The predicted molar refractivity (Wildman–Crippen MR) is 150 cm³/mol. The molecular formula is C33H46N2O5. The van der Waals surface area contributed by atoms with Gasteiger partial charge < -0.3 is 10.2 Å². The van der Waals surface area contributed by atoms with E-state index in [1.54, 1.807) is 6.20 Å². The number of rotatable bonds is 3. The second kappa shape index (κ2) is 8.32. The van der Waals surface area contributed by atoms with E-state index in [9.17, 15) is 24.6 Å². The van der Waals surface area contributed by atoms with Crippen molar-refractivity contribution in [2.24, 2.45) is 50.2 Å². The lowest BCUT2D eigenvalue weighted by atomic mass is 9.33. The Kier molecular flexibility index (Phi) is 5.76. The zero-order chi connectivity index (χ0) is 29.1. The van der Waals surface area contributed by atoms with Crippen LogP contribution in [-0.4, -0.2) is 37.7 Å². The van der Waals surface area contributed by atoms with Gasteiger partial charge in [-0.15, -0.1) is 0 Å². The zero-order valence-electron chi connectivity index (χ0n) is 25.0. The molecule has 0 spiro atoms. The van der Waals surface area contributed by atoms with Crippen LogP contribution in [0.2, 0.25) is 0 Å². The van der Waals surface area contributed by atoms with Crippen molar-refractivity contribution in [3.05, 3.63) is 30.1 Å². The van der Waals surface area contributed by atoms with Crippen LogP contribution in [0, 0.1) is 50.2 Å². The average molecular weight is 551 g/mol. The van der Waals surface area contributed by atoms with E-state index in [0.29, 0.717) is 19.3 Å². The Morgan fingerprint density at radius 2 is 1.62 bits per heavy atom. The van der Waals surface area contributed by atoms with Gasteiger partial charge in [0.25, 0.3) is 0 Å². The van der Waals surface area contributed by atoms with E-state index < -0.39 is 28.2 Å². The molecule has 0 saturated heterocycles. The Labute approximate surface area is 237 Å². The molecule has 0 aromatic carbocycles. The van der Waals surface area contributed by atoms with Crippen molar-refractivity contribution < 1.29 is 24.6 Å². The topological polar surface area (TPSA) is 109 Å². The molecule has 6 rings (SSSR count). The molecular weight excluding hydrogens is 504 g/mol. The number of allylic oxidation sites excluding steroid dienone is 2. The lowest BCUT2D eigenvalue weighted by Gasteiger charge is -2.70. The van der Waals surface area contributed by atoms with E-state index in [-0.39, 0.29) is 45.8 Å². The van der Waals surface area contributed by atoms with Gasteiger partial charge >= 0.3 is 11.9 Å². The number of ketones is 1. The average Bonchev–Trinajstić information content (AvgIpc) is 3.40. The molecule has 7 nitrogen and oxygen atoms in total. The predicted octanol–water partition coefficient (Wildman–Crippen LogP) is 6.55. The summed E-state index contributed by atoms with van der Waals surface area (Å²) in [5, 5.41) is 25.3. The third-order valence-electron chi connectivity index (χ3n) is 14.0. The molecule has 0 unspecified atom stereocenters. The third kappa shape index (κ3) is 3.24. The summed E-state index contributed by atoms with van der Waals surface area (Å²) < 4.78 is 1.83. The number of hydrogen-bond acceptors (Lipinski definition) is 4. The van der Waals surface area contributed by atoms with Gasteiger partial charge in [0, 0.05) is 18.3 Å². The number of aliphatic carboxylic acids is 2. The minimum Gasteiger partial charge on any atom is -0.481 e. The summed E-state index contributed by atoms with van der Waals surface area (Å²) in [7, 11) is 0. The molecule has 1 aromatic rings. The largest absolute Gasteiger partial charge is 0.481 e. The molecule has 0 bridgehead atoms. The fourth-order valence-electron chi connectivity index (χ4n) is 11.2. The number of nitrogens with zero attached hydrogens (tertiary/aromatic N) is 2. The first kappa shape index (κ1) is 27.7. The van der Waals surface area contributed by atoms with Crippen LogP contribution in [-0.2, 0) is 14.4 Å². The minimum atomic E-state index is -1.04. The summed E-state index contributed by atoms with van der Waals surface area (Å²) in [6.07, 6.45) is 12.7. The highest BCUT2D eigenvalue weighted by atomic mass is 16.4. The highest BCUT2D eigenvalue weighted by molar-refractivity contribution is 5.96. The van der Waals surface area contributed by atoms with E-state index in [2.05, 4.69) is 32.8 Å². The summed E-state index contributed by atoms with van der Waals surface area (Å²) in [6, 6.07) is 1.60. The molecule has 10 atom stereocenters. The molecule has 40 heavy (non-hydrogen) atoms. The lowest BCUT2D eigenvalue weighted by Crippen LogP contribution is -2.67. The Morgan fingerprint density at radius 3 is 2.25 bits per heavy atom. The monoisotopic (exact) mass is 550 g/mol. The molecule has 4 fully saturated rings. The standard InChI is InChI=1S/C33H46N2O5/c1-28-12-13-29(2,26(37)38)19-21(28)20-18-22(36)25-30(3)10-9-24(35-17-7-16-34-35)33(6,27(39)40)23(30)8-11-32(25,5)31(20,4)15-14-28/h7,16-18,21,23-25H,8-15,19H2,1-6H3,(H,37,38)(H,39,40)/t21-,23+,24-,25+,28+,29-,30-,31+,32+,33-/m0/s1. The number of hydrogen-bond donors (Lipinski definition) is 2. The summed E-state index contributed by atoms with van der Waals surface area (Å²) in [4.78, 5) is 39.9. The Balaban J connectivity index is 1.45. The number of carbonyl (C=O) groups excluding carboxylic acids is 1. The van der Waals surface area contributed by atoms with Crippen LogP contribution in [0.25, 0.3) is 0 Å². The normalized spacial score (nSPS) is 50.0. The second-order valence-corrected chi connectivity index (χ2v) is 15.7. The smallest absolute Gasteiger partial charge is 0.311 e. The maximum absolute atomic E-state index is 14.5. The molecule has 5 aliphatic rings. The fourth-order valence-corrected chi connectivity index (χ4v) is 11.2. The lowest BCUT2D eigenvalue weighted by molar-refractivity contribution is -0.205. The van der Waals surface area contributed by atoms with Crippen molar-refractivity contribution in [3.63, 3.8) is 0 Å². The van der Waals surface area contributed by atoms with Gasteiger partial charge in [-0.1, -0.05) is 33.3 Å². The Hall–Kier alpha value is -2.44. The van der Waals surface area contributed by atoms with Crippen molar-refractivity contribution in [2.45, 2.75) is 105 Å². The van der Waals surface area contributed by atoms with Crippen LogP contribution in [0.1, 0.15) is 105 Å². The summed E-state index contributed by atoms with van der Waals surface area (Å²) >= 11 is 0. The fraction of sp³-hybridized carbons (Fsp3) is 0.758. The van der Waals surface area contributed by atoms with Crippen molar-refractivity contribution in [3.8, 4) is 0 Å². The first-order valence-corrected chi connectivity index (χ1v) is 15.3. The number of carbonyl (C=O) groups is 3. The molecule has 5 aliphatic carbocycles. The van der Waals surface area contributed by atoms with Gasteiger partial charge in [0.2, 0.25) is 0 Å². The first-order valence-electron chi connectivity index (χ1n) is 15.3. The molecule has 1 aromatic heterocycles. The zero-order valence-corrected chi connectivity index (χ0v) is 25.0. The SMILES string of the molecule is C[C@]1(C(=O)O)CC[C@]2(C)CC[C@]3(C)C(=CC(=O)[C@@H]4[C@@]5(C)CC[C@H](n6cccn6)[C@@](C)(C(=O)O)[C@@H]5CC[C@]43C)[C@@H]2C1. The first-order chi connectivity index (χ1) is 18.6. The highest BCUT2D eigenvalue weighted by Crippen LogP contribution is 2.75. The van der Waals surface area contributed by atoms with Crippen molar-refractivity contribution in [2.75, 3.05) is 0 Å². The minimum absolute atomic E-state index is 0.00852. The van der Waals surface area contributed by atoms with Crippen LogP contribution in [0.3, 0.4) is 0 Å². The molecule has 0 amide bonds.